The molecule has 0 saturated carbocycles. The third kappa shape index (κ3) is 2.40. The van der Waals surface area contributed by atoms with Gasteiger partial charge in [-0.1, -0.05) is 17.3 Å². The van der Waals surface area contributed by atoms with E-state index in [2.05, 4.69) is 15.5 Å². The molecule has 2 aromatic heterocycles. The molecule has 1 amide bonds. The minimum Gasteiger partial charge on any atom is -0.355 e. The highest BCUT2D eigenvalue weighted by Crippen LogP contribution is 2.37. The second-order valence-electron chi connectivity index (χ2n) is 5.07. The number of carbonyl (C=O) groups excluding carboxylic acids is 1. The first-order valence-electron chi connectivity index (χ1n) is 6.83. The van der Waals surface area contributed by atoms with E-state index in [1.165, 1.54) is 11.3 Å². The van der Waals surface area contributed by atoms with Crippen molar-refractivity contribution in [1.82, 2.24) is 10.1 Å². The molecule has 1 atom stereocenters. The zero-order valence-electron chi connectivity index (χ0n) is 12.0. The predicted octanol–water partition coefficient (Wildman–Crippen LogP) is 2.98. The molecule has 0 saturated heterocycles. The molecule has 3 aromatic rings. The Morgan fingerprint density at radius 1 is 1.39 bits per heavy atom. The Morgan fingerprint density at radius 2 is 2.22 bits per heavy atom. The van der Waals surface area contributed by atoms with Crippen LogP contribution in [0.4, 0.5) is 5.13 Å². The second kappa shape index (κ2) is 5.39. The first-order valence-corrected chi connectivity index (χ1v) is 9.03. The average molecular weight is 345 g/mol. The van der Waals surface area contributed by atoms with E-state index in [1.54, 1.807) is 6.07 Å². The number of thiazole rings is 1. The van der Waals surface area contributed by atoms with Crippen molar-refractivity contribution in [1.29, 1.82) is 0 Å². The first kappa shape index (κ1) is 14.3. The monoisotopic (exact) mass is 345 g/mol. The maximum Gasteiger partial charge on any atom is 0.279 e. The molecule has 0 spiro atoms. The largest absolute Gasteiger partial charge is 0.355 e. The number of anilines is 1. The van der Waals surface area contributed by atoms with Crippen molar-refractivity contribution in [2.24, 2.45) is 0 Å². The maximum atomic E-state index is 12.4. The van der Waals surface area contributed by atoms with Gasteiger partial charge in [-0.25, -0.2) is 4.98 Å². The third-order valence-electron chi connectivity index (χ3n) is 3.50. The molecule has 4 rings (SSSR count). The van der Waals surface area contributed by atoms with Crippen LogP contribution in [0.15, 0.2) is 39.1 Å². The van der Waals surface area contributed by atoms with E-state index in [4.69, 9.17) is 4.52 Å². The molecule has 0 radical (unpaired) electrons. The molecular formula is C15H11N3O3S2. The Hall–Kier alpha value is -2.32. The van der Waals surface area contributed by atoms with Gasteiger partial charge in [0.25, 0.3) is 5.91 Å². The molecule has 0 bridgehead atoms. The molecule has 8 heteroatoms. The summed E-state index contributed by atoms with van der Waals surface area (Å²) in [4.78, 5) is 17.3. The standard InChI is InChI=1S/C15H11N3O3S2/c1-8-6-22-15(16-8)17-14(19)12-10-7-23(20)11-5-3-2-4-9(11)13(10)21-18-12/h2-6H,7H2,1H3,(H,16,17,19). The van der Waals surface area contributed by atoms with Gasteiger partial charge in [0.1, 0.15) is 0 Å². The Kier molecular flexibility index (Phi) is 3.35. The summed E-state index contributed by atoms with van der Waals surface area (Å²) in [6.07, 6.45) is 0. The number of hydrogen-bond donors (Lipinski definition) is 1. The molecule has 116 valence electrons. The van der Waals surface area contributed by atoms with Gasteiger partial charge in [0.05, 0.1) is 27.1 Å². The fourth-order valence-electron chi connectivity index (χ4n) is 2.46. The van der Waals surface area contributed by atoms with Gasteiger partial charge < -0.3 is 4.52 Å². The highest BCUT2D eigenvalue weighted by molar-refractivity contribution is 7.84. The fraction of sp³-hybridized carbons (Fsp3) is 0.133. The lowest BCUT2D eigenvalue weighted by Crippen LogP contribution is -2.16. The lowest BCUT2D eigenvalue weighted by molar-refractivity contribution is 0.101. The summed E-state index contributed by atoms with van der Waals surface area (Å²) in [5, 5.41) is 8.94. The zero-order chi connectivity index (χ0) is 16.0. The van der Waals surface area contributed by atoms with Crippen LogP contribution in [-0.4, -0.2) is 20.3 Å². The van der Waals surface area contributed by atoms with E-state index in [0.29, 0.717) is 21.4 Å². The topological polar surface area (TPSA) is 85.1 Å². The number of fused-ring (bicyclic) bond motifs is 3. The van der Waals surface area contributed by atoms with Crippen LogP contribution in [0.3, 0.4) is 0 Å². The van der Waals surface area contributed by atoms with Gasteiger partial charge in [-0.05, 0) is 19.1 Å². The number of benzene rings is 1. The van der Waals surface area contributed by atoms with Crippen molar-refractivity contribution in [3.05, 3.63) is 46.6 Å². The molecule has 3 heterocycles. The van der Waals surface area contributed by atoms with Crippen molar-refractivity contribution in [3.8, 4) is 11.3 Å². The van der Waals surface area contributed by atoms with Crippen molar-refractivity contribution < 1.29 is 13.5 Å². The average Bonchev–Trinajstić information content (AvgIpc) is 3.14. The lowest BCUT2D eigenvalue weighted by Gasteiger charge is -2.13. The quantitative estimate of drug-likeness (QED) is 0.772. The van der Waals surface area contributed by atoms with Crippen LogP contribution in [0.25, 0.3) is 11.3 Å². The van der Waals surface area contributed by atoms with E-state index in [9.17, 15) is 9.00 Å². The highest BCUT2D eigenvalue weighted by atomic mass is 32.2. The summed E-state index contributed by atoms with van der Waals surface area (Å²) in [6.45, 7) is 1.85. The summed E-state index contributed by atoms with van der Waals surface area (Å²) in [5.41, 5.74) is 2.30. The van der Waals surface area contributed by atoms with Gasteiger partial charge in [0.15, 0.2) is 16.6 Å². The molecule has 1 aliphatic rings. The van der Waals surface area contributed by atoms with Gasteiger partial charge in [-0.15, -0.1) is 11.3 Å². The van der Waals surface area contributed by atoms with Crippen molar-refractivity contribution in [2.45, 2.75) is 17.6 Å². The molecule has 1 N–H and O–H groups in total. The summed E-state index contributed by atoms with van der Waals surface area (Å²) >= 11 is 1.34. The molecule has 0 aliphatic carbocycles. The molecule has 23 heavy (non-hydrogen) atoms. The smallest absolute Gasteiger partial charge is 0.279 e. The Bertz CT molecular complexity index is 945. The molecule has 1 aromatic carbocycles. The van der Waals surface area contributed by atoms with E-state index in [-0.39, 0.29) is 11.4 Å². The Balaban J connectivity index is 1.72. The number of nitrogens with one attached hydrogen (secondary N) is 1. The van der Waals surface area contributed by atoms with Gasteiger partial charge in [-0.3, -0.25) is 14.3 Å². The zero-order valence-corrected chi connectivity index (χ0v) is 13.7. The molecule has 1 unspecified atom stereocenters. The SMILES string of the molecule is Cc1csc(NC(=O)c2noc3c2CS(=O)c2ccccc2-3)n1. The van der Waals surface area contributed by atoms with Crippen LogP contribution in [0.5, 0.6) is 0 Å². The first-order chi connectivity index (χ1) is 11.1. The van der Waals surface area contributed by atoms with E-state index < -0.39 is 16.7 Å². The van der Waals surface area contributed by atoms with Crippen molar-refractivity contribution in [3.63, 3.8) is 0 Å². The minimum atomic E-state index is -1.22. The van der Waals surface area contributed by atoms with Gasteiger partial charge in [-0.2, -0.15) is 0 Å². The van der Waals surface area contributed by atoms with E-state index in [1.807, 2.05) is 30.5 Å². The number of rotatable bonds is 2. The van der Waals surface area contributed by atoms with Crippen LogP contribution in [0.2, 0.25) is 0 Å². The molecular weight excluding hydrogens is 334 g/mol. The molecule has 1 aliphatic heterocycles. The normalized spacial score (nSPS) is 15.8. The second-order valence-corrected chi connectivity index (χ2v) is 7.35. The maximum absolute atomic E-state index is 12.4. The van der Waals surface area contributed by atoms with Crippen LogP contribution in [-0.2, 0) is 16.6 Å². The number of aromatic nitrogens is 2. The summed E-state index contributed by atoms with van der Waals surface area (Å²) in [7, 11) is -1.22. The van der Waals surface area contributed by atoms with E-state index in [0.717, 1.165) is 11.3 Å². The number of amides is 1. The van der Waals surface area contributed by atoms with Crippen molar-refractivity contribution >= 4 is 33.2 Å². The highest BCUT2D eigenvalue weighted by Gasteiger charge is 2.31. The van der Waals surface area contributed by atoms with Crippen molar-refractivity contribution in [2.75, 3.05) is 5.32 Å². The summed E-state index contributed by atoms with van der Waals surface area (Å²) in [5.74, 6) is 0.330. The van der Waals surface area contributed by atoms with Crippen LogP contribution in [0.1, 0.15) is 21.7 Å². The van der Waals surface area contributed by atoms with Gasteiger partial charge in [0.2, 0.25) is 0 Å². The van der Waals surface area contributed by atoms with Crippen LogP contribution in [0, 0.1) is 6.92 Å². The predicted molar refractivity (Wildman–Crippen MR) is 86.9 cm³/mol. The Labute approximate surface area is 138 Å². The number of carbonyl (C=O) groups is 1. The lowest BCUT2D eigenvalue weighted by atomic mass is 10.1. The Morgan fingerprint density at radius 3 is 3.00 bits per heavy atom. The minimum absolute atomic E-state index is 0.163. The van der Waals surface area contributed by atoms with Gasteiger partial charge >= 0.3 is 0 Å². The third-order valence-corrected chi connectivity index (χ3v) is 5.77. The molecule has 6 nitrogen and oxygen atoms in total. The number of hydrogen-bond acceptors (Lipinski definition) is 6. The van der Waals surface area contributed by atoms with Crippen LogP contribution >= 0.6 is 11.3 Å². The number of nitrogens with zero attached hydrogens (tertiary/aromatic N) is 2. The van der Waals surface area contributed by atoms with E-state index >= 15 is 0 Å². The van der Waals surface area contributed by atoms with Crippen LogP contribution < -0.4 is 5.32 Å². The summed E-state index contributed by atoms with van der Waals surface area (Å²) in [6, 6.07) is 7.29. The van der Waals surface area contributed by atoms with Gasteiger partial charge in [0, 0.05) is 16.5 Å². The number of aryl methyl sites for hydroxylation is 1. The fourth-order valence-corrected chi connectivity index (χ4v) is 4.47. The summed E-state index contributed by atoms with van der Waals surface area (Å²) < 4.78 is 17.7. The molecule has 0 fully saturated rings.